The predicted octanol–water partition coefficient (Wildman–Crippen LogP) is 3.37. The molecule has 5 nitrogen and oxygen atoms in total. The van der Waals surface area contributed by atoms with Crippen LogP contribution in [-0.4, -0.2) is 59.1 Å². The number of alkyl halides is 7. The van der Waals surface area contributed by atoms with Crippen molar-refractivity contribution in [2.75, 3.05) is 26.4 Å². The number of hydrogen-bond acceptors (Lipinski definition) is 4. The third kappa shape index (κ3) is 6.06. The van der Waals surface area contributed by atoms with E-state index in [1.165, 1.54) is 5.32 Å². The molecule has 0 unspecified atom stereocenters. The minimum absolute atomic E-state index is 0.0596. The highest BCUT2D eigenvalue weighted by Gasteiger charge is 2.76. The van der Waals surface area contributed by atoms with Crippen LogP contribution in [0, 0.1) is 0 Å². The number of carbonyl (C=O) groups excluding carboxylic acids is 1. The fraction of sp³-hybridized carbons (Fsp3) is 0.923. The van der Waals surface area contributed by atoms with Gasteiger partial charge in [0.1, 0.15) is 0 Å². The van der Waals surface area contributed by atoms with Crippen LogP contribution in [0.1, 0.15) is 27.2 Å². The highest BCUT2D eigenvalue weighted by atomic mass is 28.4. The van der Waals surface area contributed by atoms with E-state index in [4.69, 9.17) is 13.3 Å². The summed E-state index contributed by atoms with van der Waals surface area (Å²) >= 11 is 0. The summed E-state index contributed by atoms with van der Waals surface area (Å²) < 4.78 is 104. The fourth-order valence-corrected chi connectivity index (χ4v) is 4.55. The minimum Gasteiger partial charge on any atom is -0.374 e. The Morgan fingerprint density at radius 2 is 1.31 bits per heavy atom. The SMILES string of the molecule is CCO[Si](CCCNC(=O)C(F)(F)C(F)(F)C(F)(F)F)(OCC)OCC. The van der Waals surface area contributed by atoms with Gasteiger partial charge in [-0.15, -0.1) is 0 Å². The first-order valence-electron chi connectivity index (χ1n) is 7.83. The van der Waals surface area contributed by atoms with Gasteiger partial charge in [0.05, 0.1) is 0 Å². The first kappa shape index (κ1) is 25.1. The van der Waals surface area contributed by atoms with Gasteiger partial charge < -0.3 is 18.6 Å². The van der Waals surface area contributed by atoms with Crippen molar-refractivity contribution in [3.05, 3.63) is 0 Å². The zero-order valence-corrected chi connectivity index (χ0v) is 15.5. The van der Waals surface area contributed by atoms with Crippen LogP contribution in [0.3, 0.4) is 0 Å². The molecule has 0 fully saturated rings. The molecule has 13 heteroatoms. The van der Waals surface area contributed by atoms with Crippen LogP contribution in [-0.2, 0) is 18.1 Å². The number of rotatable bonds is 12. The van der Waals surface area contributed by atoms with Crippen LogP contribution in [0.4, 0.5) is 30.7 Å². The van der Waals surface area contributed by atoms with E-state index in [-0.39, 0.29) is 32.3 Å². The average Bonchev–Trinajstić information content (AvgIpc) is 2.50. The Morgan fingerprint density at radius 1 is 0.885 bits per heavy atom. The second-order valence-electron chi connectivity index (χ2n) is 4.99. The van der Waals surface area contributed by atoms with Crippen LogP contribution >= 0.6 is 0 Å². The molecule has 0 aliphatic rings. The summed E-state index contributed by atoms with van der Waals surface area (Å²) in [7, 11) is -3.15. The molecule has 0 aromatic carbocycles. The molecule has 0 aromatic heterocycles. The number of amides is 1. The topological polar surface area (TPSA) is 56.8 Å². The average molecular weight is 417 g/mol. The summed E-state index contributed by atoms with van der Waals surface area (Å²) in [5.41, 5.74) is 0. The van der Waals surface area contributed by atoms with Crippen molar-refractivity contribution in [1.82, 2.24) is 5.32 Å². The summed E-state index contributed by atoms with van der Waals surface area (Å²) in [6.07, 6.45) is -6.64. The molecular weight excluding hydrogens is 395 g/mol. The molecule has 0 rings (SSSR count). The molecule has 1 N–H and O–H groups in total. The van der Waals surface area contributed by atoms with Crippen molar-refractivity contribution in [2.24, 2.45) is 0 Å². The number of hydrogen-bond donors (Lipinski definition) is 1. The molecule has 0 aliphatic carbocycles. The van der Waals surface area contributed by atoms with E-state index in [1.54, 1.807) is 20.8 Å². The molecule has 1 amide bonds. The highest BCUT2D eigenvalue weighted by molar-refractivity contribution is 6.60. The second kappa shape index (κ2) is 9.85. The summed E-state index contributed by atoms with van der Waals surface area (Å²) in [5, 5.41) is 1.39. The van der Waals surface area contributed by atoms with E-state index in [0.717, 1.165) is 0 Å². The largest absolute Gasteiger partial charge is 0.500 e. The van der Waals surface area contributed by atoms with Crippen molar-refractivity contribution in [3.63, 3.8) is 0 Å². The first-order chi connectivity index (χ1) is 11.8. The molecule has 0 radical (unpaired) electrons. The maximum absolute atomic E-state index is 13.2. The van der Waals surface area contributed by atoms with Crippen molar-refractivity contribution >= 4 is 14.7 Å². The van der Waals surface area contributed by atoms with E-state index in [1.807, 2.05) is 0 Å². The number of carbonyl (C=O) groups is 1. The van der Waals surface area contributed by atoms with Crippen LogP contribution in [0.5, 0.6) is 0 Å². The third-order valence-corrected chi connectivity index (χ3v) is 6.23. The standard InChI is InChI=1S/C13H22F7NO4Si/c1-4-23-26(24-5-2,25-6-3)9-7-8-21-10(22)11(14,15)12(16,17)13(18,19)20/h4-9H2,1-3H3,(H,21,22). The van der Waals surface area contributed by atoms with Crippen molar-refractivity contribution in [3.8, 4) is 0 Å². The van der Waals surface area contributed by atoms with Gasteiger partial charge in [-0.2, -0.15) is 30.7 Å². The minimum atomic E-state index is -6.56. The number of halogens is 7. The molecule has 26 heavy (non-hydrogen) atoms. The second-order valence-corrected chi connectivity index (χ2v) is 7.72. The molecule has 0 aromatic rings. The molecule has 0 bridgehead atoms. The van der Waals surface area contributed by atoms with Crippen LogP contribution < -0.4 is 5.32 Å². The Balaban J connectivity index is 4.82. The van der Waals surface area contributed by atoms with Crippen LogP contribution in [0.2, 0.25) is 6.04 Å². The van der Waals surface area contributed by atoms with Crippen LogP contribution in [0.25, 0.3) is 0 Å². The molecule has 0 aliphatic heterocycles. The zero-order valence-electron chi connectivity index (χ0n) is 14.5. The van der Waals surface area contributed by atoms with E-state index in [0.29, 0.717) is 0 Å². The van der Waals surface area contributed by atoms with E-state index >= 15 is 0 Å². The van der Waals surface area contributed by atoms with Crippen molar-refractivity contribution in [2.45, 2.75) is 51.3 Å². The molecule has 0 saturated heterocycles. The summed E-state index contributed by atoms with van der Waals surface area (Å²) in [5.74, 6) is -15.1. The lowest BCUT2D eigenvalue weighted by molar-refractivity contribution is -0.344. The Labute approximate surface area is 147 Å². The van der Waals surface area contributed by atoms with Gasteiger partial charge in [-0.05, 0) is 27.2 Å². The predicted molar refractivity (Wildman–Crippen MR) is 79.0 cm³/mol. The van der Waals surface area contributed by atoms with Crippen molar-refractivity contribution < 1.29 is 48.8 Å². The lowest BCUT2D eigenvalue weighted by Gasteiger charge is -2.29. The summed E-state index contributed by atoms with van der Waals surface area (Å²) in [6, 6.07) is 0.0596. The fourth-order valence-electron chi connectivity index (χ4n) is 1.94. The lowest BCUT2D eigenvalue weighted by atomic mass is 10.1. The van der Waals surface area contributed by atoms with Crippen molar-refractivity contribution in [1.29, 1.82) is 0 Å². The third-order valence-electron chi connectivity index (χ3n) is 3.07. The lowest BCUT2D eigenvalue weighted by Crippen LogP contribution is -2.59. The zero-order chi connectivity index (χ0) is 20.6. The van der Waals surface area contributed by atoms with Gasteiger partial charge in [0.25, 0.3) is 5.91 Å². The Morgan fingerprint density at radius 3 is 1.65 bits per heavy atom. The van der Waals surface area contributed by atoms with Gasteiger partial charge in [0.2, 0.25) is 0 Å². The molecule has 156 valence electrons. The maximum Gasteiger partial charge on any atom is 0.500 e. The van der Waals surface area contributed by atoms with E-state index in [2.05, 4.69) is 0 Å². The molecule has 0 spiro atoms. The number of nitrogens with one attached hydrogen (secondary N) is 1. The maximum atomic E-state index is 13.2. The van der Waals surface area contributed by atoms with Gasteiger partial charge in [-0.3, -0.25) is 4.79 Å². The monoisotopic (exact) mass is 417 g/mol. The van der Waals surface area contributed by atoms with Crippen LogP contribution in [0.15, 0.2) is 0 Å². The Bertz CT molecular complexity index is 432. The summed E-state index contributed by atoms with van der Waals surface area (Å²) in [4.78, 5) is 11.1. The van der Waals surface area contributed by atoms with Gasteiger partial charge in [0.15, 0.2) is 0 Å². The van der Waals surface area contributed by atoms with Gasteiger partial charge in [-0.25, -0.2) is 0 Å². The quantitative estimate of drug-likeness (QED) is 0.301. The molecular formula is C13H22F7NO4Si. The van der Waals surface area contributed by atoms with Gasteiger partial charge in [0, 0.05) is 32.4 Å². The smallest absolute Gasteiger partial charge is 0.374 e. The highest BCUT2D eigenvalue weighted by Crippen LogP contribution is 2.46. The molecule has 0 atom stereocenters. The normalized spacial score (nSPS) is 13.8. The molecule has 0 heterocycles. The van der Waals surface area contributed by atoms with E-state index < -0.39 is 39.3 Å². The summed E-state index contributed by atoms with van der Waals surface area (Å²) in [6.45, 7) is 5.12. The molecule has 0 saturated carbocycles. The van der Waals surface area contributed by atoms with Gasteiger partial charge in [-0.1, -0.05) is 0 Å². The Hall–Kier alpha value is -0.923. The Kier molecular flexibility index (Phi) is 9.50. The van der Waals surface area contributed by atoms with E-state index in [9.17, 15) is 35.5 Å². The van der Waals surface area contributed by atoms with Gasteiger partial charge >= 0.3 is 26.8 Å². The first-order valence-corrected chi connectivity index (χ1v) is 9.77.